The lowest BCUT2D eigenvalue weighted by molar-refractivity contribution is -0.117. The van der Waals surface area contributed by atoms with Gasteiger partial charge in [-0.3, -0.25) is 4.79 Å². The van der Waals surface area contributed by atoms with Crippen LogP contribution < -0.4 is 10.8 Å². The van der Waals surface area contributed by atoms with Gasteiger partial charge in [0.2, 0.25) is 5.76 Å². The van der Waals surface area contributed by atoms with Crippen LogP contribution in [0, 0.1) is 11.3 Å². The summed E-state index contributed by atoms with van der Waals surface area (Å²) in [7, 11) is 0. The minimum absolute atomic E-state index is 0.178. The standard InChI is InChI=1S/C12H9N3O2/c13-8-9-3-5-10(6-4-9)15-12(16)11-2-1-7-14-17-11/h1-7,14H,(H,15,16). The second kappa shape index (κ2) is 4.86. The molecule has 0 unspecified atom stereocenters. The molecule has 0 aromatic heterocycles. The number of carbonyl (C=O) groups excluding carboxylic acids is 1. The predicted molar refractivity (Wildman–Crippen MR) is 61.2 cm³/mol. The molecule has 84 valence electrons. The third kappa shape index (κ3) is 2.63. The molecule has 5 heteroatoms. The quantitative estimate of drug-likeness (QED) is 0.801. The van der Waals surface area contributed by atoms with E-state index in [2.05, 4.69) is 10.8 Å². The van der Waals surface area contributed by atoms with Crippen LogP contribution in [0.25, 0.3) is 0 Å². The topological polar surface area (TPSA) is 74.2 Å². The number of hydrogen-bond acceptors (Lipinski definition) is 4. The summed E-state index contributed by atoms with van der Waals surface area (Å²) in [6, 6.07) is 8.57. The lowest BCUT2D eigenvalue weighted by atomic mass is 10.2. The van der Waals surface area contributed by atoms with Gasteiger partial charge in [-0.1, -0.05) is 0 Å². The highest BCUT2D eigenvalue weighted by Gasteiger charge is 2.12. The van der Waals surface area contributed by atoms with Crippen molar-refractivity contribution in [1.82, 2.24) is 5.48 Å². The van der Waals surface area contributed by atoms with Gasteiger partial charge in [-0.05, 0) is 36.4 Å². The molecule has 5 nitrogen and oxygen atoms in total. The molecule has 0 saturated carbocycles. The van der Waals surface area contributed by atoms with Gasteiger partial charge in [0, 0.05) is 11.9 Å². The van der Waals surface area contributed by atoms with Crippen molar-refractivity contribution in [3.8, 4) is 6.07 Å². The number of hydrogen-bond donors (Lipinski definition) is 2. The Hall–Kier alpha value is -2.74. The van der Waals surface area contributed by atoms with Gasteiger partial charge in [0.1, 0.15) is 0 Å². The molecular formula is C12H9N3O2. The molecule has 0 fully saturated rings. The van der Waals surface area contributed by atoms with Crippen molar-refractivity contribution in [2.45, 2.75) is 0 Å². The van der Waals surface area contributed by atoms with E-state index in [1.165, 1.54) is 0 Å². The number of hydroxylamine groups is 1. The molecule has 0 atom stereocenters. The Morgan fingerprint density at radius 2 is 2.12 bits per heavy atom. The van der Waals surface area contributed by atoms with Crippen LogP contribution in [0.15, 0.2) is 48.4 Å². The average molecular weight is 227 g/mol. The lowest BCUT2D eigenvalue weighted by Gasteiger charge is -2.11. The van der Waals surface area contributed by atoms with Crippen molar-refractivity contribution in [2.24, 2.45) is 0 Å². The Labute approximate surface area is 98.0 Å². The lowest BCUT2D eigenvalue weighted by Crippen LogP contribution is -2.21. The van der Waals surface area contributed by atoms with E-state index in [9.17, 15) is 4.79 Å². The van der Waals surface area contributed by atoms with E-state index in [4.69, 9.17) is 10.1 Å². The van der Waals surface area contributed by atoms with Crippen LogP contribution in [0.4, 0.5) is 5.69 Å². The number of allylic oxidation sites excluding steroid dienone is 2. The summed E-state index contributed by atoms with van der Waals surface area (Å²) in [5.41, 5.74) is 3.61. The monoisotopic (exact) mass is 227 g/mol. The van der Waals surface area contributed by atoms with Gasteiger partial charge in [-0.2, -0.15) is 5.26 Å². The number of rotatable bonds is 2. The maximum atomic E-state index is 11.7. The first-order chi connectivity index (χ1) is 8.29. The van der Waals surface area contributed by atoms with Crippen LogP contribution >= 0.6 is 0 Å². The van der Waals surface area contributed by atoms with Gasteiger partial charge in [0.25, 0.3) is 5.91 Å². The van der Waals surface area contributed by atoms with Crippen molar-refractivity contribution >= 4 is 11.6 Å². The molecule has 17 heavy (non-hydrogen) atoms. The summed E-state index contributed by atoms with van der Waals surface area (Å²) in [5, 5.41) is 11.3. The largest absolute Gasteiger partial charge is 0.377 e. The van der Waals surface area contributed by atoms with Gasteiger partial charge in [0.05, 0.1) is 11.6 Å². The fraction of sp³-hybridized carbons (Fsp3) is 0. The van der Waals surface area contributed by atoms with Crippen molar-refractivity contribution < 1.29 is 9.63 Å². The first-order valence-corrected chi connectivity index (χ1v) is 4.90. The van der Waals surface area contributed by atoms with E-state index in [-0.39, 0.29) is 11.7 Å². The van der Waals surface area contributed by atoms with Crippen molar-refractivity contribution in [1.29, 1.82) is 5.26 Å². The Bertz CT molecular complexity index is 524. The SMILES string of the molecule is N#Cc1ccc(NC(=O)C2=CC=CNO2)cc1. The summed E-state index contributed by atoms with van der Waals surface area (Å²) in [6.07, 6.45) is 4.78. The van der Waals surface area contributed by atoms with Gasteiger partial charge >= 0.3 is 0 Å². The molecule has 1 aromatic carbocycles. The average Bonchev–Trinajstić information content (AvgIpc) is 2.40. The Balaban J connectivity index is 2.05. The number of nitrogens with zero attached hydrogens (tertiary/aromatic N) is 1. The Morgan fingerprint density at radius 3 is 2.71 bits per heavy atom. The van der Waals surface area contributed by atoms with Gasteiger partial charge in [0.15, 0.2) is 0 Å². The minimum atomic E-state index is -0.355. The molecule has 2 rings (SSSR count). The fourth-order valence-corrected chi connectivity index (χ4v) is 1.25. The number of benzene rings is 1. The zero-order chi connectivity index (χ0) is 12.1. The molecule has 1 amide bonds. The zero-order valence-corrected chi connectivity index (χ0v) is 8.81. The van der Waals surface area contributed by atoms with E-state index in [0.717, 1.165) is 0 Å². The fourth-order valence-electron chi connectivity index (χ4n) is 1.25. The first kappa shape index (κ1) is 10.8. The minimum Gasteiger partial charge on any atom is -0.377 e. The Morgan fingerprint density at radius 1 is 1.35 bits per heavy atom. The van der Waals surface area contributed by atoms with Gasteiger partial charge in [-0.25, -0.2) is 5.48 Å². The molecule has 1 aliphatic rings. The number of nitriles is 1. The van der Waals surface area contributed by atoms with Crippen molar-refractivity contribution in [3.63, 3.8) is 0 Å². The summed E-state index contributed by atoms with van der Waals surface area (Å²) in [5.74, 6) is -0.177. The van der Waals surface area contributed by atoms with E-state index in [1.807, 2.05) is 6.07 Å². The van der Waals surface area contributed by atoms with E-state index >= 15 is 0 Å². The molecule has 0 spiro atoms. The third-order valence-corrected chi connectivity index (χ3v) is 2.08. The predicted octanol–water partition coefficient (Wildman–Crippen LogP) is 1.43. The second-order valence-electron chi connectivity index (χ2n) is 3.25. The molecule has 1 aromatic rings. The summed E-state index contributed by atoms with van der Waals surface area (Å²) >= 11 is 0. The first-order valence-electron chi connectivity index (χ1n) is 4.90. The highest BCUT2D eigenvalue weighted by Crippen LogP contribution is 2.11. The maximum absolute atomic E-state index is 11.7. The summed E-state index contributed by atoms with van der Waals surface area (Å²) in [4.78, 5) is 16.6. The van der Waals surface area contributed by atoms with E-state index in [1.54, 1.807) is 42.6 Å². The van der Waals surface area contributed by atoms with E-state index < -0.39 is 0 Å². The van der Waals surface area contributed by atoms with Gasteiger partial charge < -0.3 is 10.2 Å². The molecule has 0 radical (unpaired) electrons. The van der Waals surface area contributed by atoms with Crippen LogP contribution in [0.5, 0.6) is 0 Å². The molecule has 0 aliphatic carbocycles. The number of carbonyl (C=O) groups is 1. The molecule has 1 heterocycles. The highest BCUT2D eigenvalue weighted by atomic mass is 16.7. The zero-order valence-electron chi connectivity index (χ0n) is 8.81. The number of anilines is 1. The third-order valence-electron chi connectivity index (χ3n) is 2.08. The molecule has 2 N–H and O–H groups in total. The molecule has 0 bridgehead atoms. The smallest absolute Gasteiger partial charge is 0.294 e. The summed E-state index contributed by atoms with van der Waals surface area (Å²) < 4.78 is 0. The normalized spacial score (nSPS) is 12.8. The highest BCUT2D eigenvalue weighted by molar-refractivity contribution is 6.02. The van der Waals surface area contributed by atoms with Crippen LogP contribution in [-0.2, 0) is 9.63 Å². The van der Waals surface area contributed by atoms with Crippen LogP contribution in [0.2, 0.25) is 0 Å². The molecular weight excluding hydrogens is 218 g/mol. The summed E-state index contributed by atoms with van der Waals surface area (Å²) in [6.45, 7) is 0. The molecule has 1 aliphatic heterocycles. The van der Waals surface area contributed by atoms with Crippen LogP contribution in [-0.4, -0.2) is 5.91 Å². The van der Waals surface area contributed by atoms with Gasteiger partial charge in [-0.15, -0.1) is 0 Å². The van der Waals surface area contributed by atoms with E-state index in [0.29, 0.717) is 11.3 Å². The Kier molecular flexibility index (Phi) is 3.08. The van der Waals surface area contributed by atoms with Crippen LogP contribution in [0.3, 0.4) is 0 Å². The van der Waals surface area contributed by atoms with Crippen molar-refractivity contribution in [3.05, 3.63) is 53.9 Å². The number of nitrogens with one attached hydrogen (secondary N) is 2. The van der Waals surface area contributed by atoms with Crippen LogP contribution in [0.1, 0.15) is 5.56 Å². The number of amides is 1. The molecule has 0 saturated heterocycles. The second-order valence-corrected chi connectivity index (χ2v) is 3.25. The van der Waals surface area contributed by atoms with Crippen molar-refractivity contribution in [2.75, 3.05) is 5.32 Å². The maximum Gasteiger partial charge on any atom is 0.294 e.